The van der Waals surface area contributed by atoms with Crippen molar-refractivity contribution in [3.8, 4) is 0 Å². The lowest BCUT2D eigenvalue weighted by molar-refractivity contribution is -0.160. The van der Waals surface area contributed by atoms with Crippen LogP contribution in [0.25, 0.3) is 5.57 Å². The van der Waals surface area contributed by atoms with E-state index in [1.807, 2.05) is 30.3 Å². The number of hydrogen-bond donors (Lipinski definition) is 4. The van der Waals surface area contributed by atoms with Gasteiger partial charge >= 0.3 is 23.9 Å². The van der Waals surface area contributed by atoms with Gasteiger partial charge in [0.25, 0.3) is 0 Å². The molecule has 0 saturated heterocycles. The van der Waals surface area contributed by atoms with E-state index in [0.29, 0.717) is 25.7 Å². The predicted molar refractivity (Wildman–Crippen MR) is 107 cm³/mol. The Morgan fingerprint density at radius 2 is 1.23 bits per heavy atom. The molecule has 1 aromatic rings. The van der Waals surface area contributed by atoms with Gasteiger partial charge in [-0.1, -0.05) is 48.6 Å². The molecule has 0 spiro atoms. The van der Waals surface area contributed by atoms with Crippen molar-refractivity contribution in [2.45, 2.75) is 32.1 Å². The summed E-state index contributed by atoms with van der Waals surface area (Å²) in [4.78, 5) is 43.2. The van der Waals surface area contributed by atoms with Gasteiger partial charge < -0.3 is 20.4 Å². The largest absolute Gasteiger partial charge is 0.481 e. The van der Waals surface area contributed by atoms with E-state index in [0.717, 1.165) is 11.1 Å². The van der Waals surface area contributed by atoms with E-state index >= 15 is 0 Å². The molecule has 2 aliphatic rings. The molecule has 0 heterocycles. The van der Waals surface area contributed by atoms with Gasteiger partial charge in [0.15, 0.2) is 5.41 Å². The summed E-state index contributed by atoms with van der Waals surface area (Å²) in [6.07, 6.45) is 6.44. The average molecular weight is 416 g/mol. The van der Waals surface area contributed by atoms with Crippen molar-refractivity contribution >= 4 is 29.5 Å². The first-order valence-electron chi connectivity index (χ1n) is 9.54. The minimum Gasteiger partial charge on any atom is -0.481 e. The zero-order valence-corrected chi connectivity index (χ0v) is 16.2. The van der Waals surface area contributed by atoms with Crippen LogP contribution in [0.5, 0.6) is 0 Å². The highest BCUT2D eigenvalue weighted by atomic mass is 16.4. The molecule has 30 heavy (non-hydrogen) atoms. The quantitative estimate of drug-likeness (QED) is 0.535. The highest BCUT2D eigenvalue weighted by Gasteiger charge is 2.44. The molecule has 2 aliphatic carbocycles. The molecule has 1 aromatic carbocycles. The van der Waals surface area contributed by atoms with E-state index in [4.69, 9.17) is 20.4 Å². The zero-order valence-electron chi connectivity index (χ0n) is 16.2. The SMILES string of the molecule is O=C(O)C1(C(=O)O)C=CC(c2ccccc2)=CC1.O=C(O)C1CCC(C(=O)O)CC1. The van der Waals surface area contributed by atoms with Crippen LogP contribution in [0.4, 0.5) is 0 Å². The van der Waals surface area contributed by atoms with Gasteiger partial charge in [-0.15, -0.1) is 0 Å². The van der Waals surface area contributed by atoms with Crippen LogP contribution in [-0.4, -0.2) is 44.3 Å². The van der Waals surface area contributed by atoms with Crippen LogP contribution < -0.4 is 0 Å². The second-order valence-corrected chi connectivity index (χ2v) is 7.37. The van der Waals surface area contributed by atoms with Crippen LogP contribution in [0.3, 0.4) is 0 Å². The van der Waals surface area contributed by atoms with Crippen LogP contribution in [0.2, 0.25) is 0 Å². The van der Waals surface area contributed by atoms with Crippen molar-refractivity contribution in [3.63, 3.8) is 0 Å². The van der Waals surface area contributed by atoms with Crippen LogP contribution in [0.15, 0.2) is 48.6 Å². The Labute approximate surface area is 173 Å². The van der Waals surface area contributed by atoms with Gasteiger partial charge in [-0.2, -0.15) is 0 Å². The Balaban J connectivity index is 0.000000232. The monoisotopic (exact) mass is 416 g/mol. The van der Waals surface area contributed by atoms with Gasteiger partial charge in [-0.05, 0) is 43.2 Å². The lowest BCUT2D eigenvalue weighted by atomic mass is 9.79. The number of carboxylic acid groups (broad SMARTS) is 4. The molecule has 0 bridgehead atoms. The molecule has 0 unspecified atom stereocenters. The summed E-state index contributed by atoms with van der Waals surface area (Å²) in [5.41, 5.74) is -0.0509. The third kappa shape index (κ3) is 5.34. The molecule has 8 heteroatoms. The van der Waals surface area contributed by atoms with E-state index in [1.165, 1.54) is 6.08 Å². The summed E-state index contributed by atoms with van der Waals surface area (Å²) in [7, 11) is 0. The molecule has 0 aromatic heterocycles. The molecule has 160 valence electrons. The lowest BCUT2D eigenvalue weighted by Crippen LogP contribution is -2.38. The summed E-state index contributed by atoms with van der Waals surface area (Å²) in [5.74, 6) is -4.90. The van der Waals surface area contributed by atoms with Crippen LogP contribution >= 0.6 is 0 Å². The number of benzene rings is 1. The molecule has 1 saturated carbocycles. The second kappa shape index (κ2) is 9.87. The molecule has 1 fully saturated rings. The highest BCUT2D eigenvalue weighted by Crippen LogP contribution is 2.34. The van der Waals surface area contributed by atoms with Crippen LogP contribution in [0, 0.1) is 17.3 Å². The molecule has 0 radical (unpaired) electrons. The van der Waals surface area contributed by atoms with Crippen molar-refractivity contribution in [2.75, 3.05) is 0 Å². The third-order valence-corrected chi connectivity index (χ3v) is 5.49. The summed E-state index contributed by atoms with van der Waals surface area (Å²) >= 11 is 0. The maximum absolute atomic E-state index is 11.1. The molecular weight excluding hydrogens is 392 g/mol. The van der Waals surface area contributed by atoms with Gasteiger partial charge in [-0.3, -0.25) is 19.2 Å². The maximum Gasteiger partial charge on any atom is 0.325 e. The predicted octanol–water partition coefficient (Wildman–Crippen LogP) is 3.15. The Morgan fingerprint density at radius 1 is 0.767 bits per heavy atom. The van der Waals surface area contributed by atoms with E-state index in [9.17, 15) is 19.2 Å². The Bertz CT molecular complexity index is 824. The summed E-state index contributed by atoms with van der Waals surface area (Å²) in [6.45, 7) is 0. The first-order valence-corrected chi connectivity index (χ1v) is 9.54. The molecule has 0 amide bonds. The van der Waals surface area contributed by atoms with Crippen molar-refractivity contribution in [2.24, 2.45) is 17.3 Å². The number of rotatable bonds is 5. The van der Waals surface area contributed by atoms with E-state index in [-0.39, 0.29) is 18.3 Å². The summed E-state index contributed by atoms with van der Waals surface area (Å²) in [5, 5.41) is 35.3. The number of allylic oxidation sites excluding steroid dienone is 3. The number of aliphatic carboxylic acids is 4. The van der Waals surface area contributed by atoms with Gasteiger partial charge in [0.1, 0.15) is 0 Å². The highest BCUT2D eigenvalue weighted by molar-refractivity contribution is 6.02. The maximum atomic E-state index is 11.1. The molecule has 4 N–H and O–H groups in total. The number of hydrogen-bond acceptors (Lipinski definition) is 4. The van der Waals surface area contributed by atoms with E-state index in [2.05, 4.69) is 0 Å². The minimum atomic E-state index is -1.84. The second-order valence-electron chi connectivity index (χ2n) is 7.37. The standard InChI is InChI=1S/C14H12O4.C8H12O4/c15-12(16)14(13(17)18)8-6-11(7-9-14)10-4-2-1-3-5-10;9-7(10)5-1-2-6(4-3-5)8(11)12/h1-8H,9H2,(H,15,16)(H,17,18);5-6H,1-4H2,(H,9,10)(H,11,12). The number of carbonyl (C=O) groups is 4. The summed E-state index contributed by atoms with van der Waals surface area (Å²) < 4.78 is 0. The van der Waals surface area contributed by atoms with Gasteiger partial charge in [0.05, 0.1) is 11.8 Å². The molecule has 0 atom stereocenters. The van der Waals surface area contributed by atoms with Crippen molar-refractivity contribution in [1.29, 1.82) is 0 Å². The van der Waals surface area contributed by atoms with Gasteiger partial charge in [0, 0.05) is 0 Å². The Morgan fingerprint density at radius 3 is 1.57 bits per heavy atom. The molecule has 3 rings (SSSR count). The van der Waals surface area contributed by atoms with Crippen molar-refractivity contribution < 1.29 is 39.6 Å². The fraction of sp³-hybridized carbons (Fsp3) is 0.364. The summed E-state index contributed by atoms with van der Waals surface area (Å²) in [6, 6.07) is 9.42. The lowest BCUT2D eigenvalue weighted by Gasteiger charge is -2.23. The number of carboxylic acids is 4. The molecule has 8 nitrogen and oxygen atoms in total. The first-order chi connectivity index (χ1) is 14.2. The fourth-order valence-corrected chi connectivity index (χ4v) is 3.48. The molecule has 0 aliphatic heterocycles. The van der Waals surface area contributed by atoms with Crippen molar-refractivity contribution in [3.05, 3.63) is 54.1 Å². The smallest absolute Gasteiger partial charge is 0.325 e. The first kappa shape index (κ1) is 22.9. The normalized spacial score (nSPS) is 22.1. The van der Waals surface area contributed by atoms with Crippen molar-refractivity contribution in [1.82, 2.24) is 0 Å². The van der Waals surface area contributed by atoms with Gasteiger partial charge in [0.2, 0.25) is 0 Å². The third-order valence-electron chi connectivity index (χ3n) is 5.49. The Hall–Kier alpha value is -3.42. The molecular formula is C22H24O8. The van der Waals surface area contributed by atoms with E-state index < -0.39 is 29.3 Å². The zero-order chi connectivity index (χ0) is 22.3. The fourth-order valence-electron chi connectivity index (χ4n) is 3.48. The van der Waals surface area contributed by atoms with Crippen LogP contribution in [-0.2, 0) is 19.2 Å². The average Bonchev–Trinajstić information content (AvgIpc) is 2.74. The Kier molecular flexibility index (Phi) is 7.52. The van der Waals surface area contributed by atoms with E-state index in [1.54, 1.807) is 12.2 Å². The topological polar surface area (TPSA) is 149 Å². The minimum absolute atomic E-state index is 0.0433. The van der Waals surface area contributed by atoms with Gasteiger partial charge in [-0.25, -0.2) is 0 Å². The van der Waals surface area contributed by atoms with Crippen LogP contribution in [0.1, 0.15) is 37.7 Å².